The van der Waals surface area contributed by atoms with Crippen LogP contribution < -0.4 is 10.1 Å². The van der Waals surface area contributed by atoms with Crippen LogP contribution in [0.1, 0.15) is 51.7 Å². The summed E-state index contributed by atoms with van der Waals surface area (Å²) in [5.41, 5.74) is 2.89. The molecule has 38 heavy (non-hydrogen) atoms. The Kier molecular flexibility index (Phi) is 6.18. The van der Waals surface area contributed by atoms with Crippen molar-refractivity contribution in [3.63, 3.8) is 0 Å². The van der Waals surface area contributed by atoms with E-state index >= 15 is 0 Å². The number of rotatable bonds is 3. The fraction of sp³-hybridized carbons (Fsp3) is 0.276. The van der Waals surface area contributed by atoms with Crippen LogP contribution in [0.2, 0.25) is 0 Å². The minimum absolute atomic E-state index is 0.262. The Morgan fingerprint density at radius 2 is 1.84 bits per heavy atom. The van der Waals surface area contributed by atoms with Gasteiger partial charge in [0.25, 0.3) is 0 Å². The number of thiophene rings is 1. The average Bonchev–Trinajstić information content (AvgIpc) is 3.50. The van der Waals surface area contributed by atoms with E-state index in [1.165, 1.54) is 28.6 Å². The number of alkyl halides is 3. The number of aromatic nitrogens is 1. The summed E-state index contributed by atoms with van der Waals surface area (Å²) in [6, 6.07) is 15.4. The van der Waals surface area contributed by atoms with Gasteiger partial charge >= 0.3 is 12.2 Å². The van der Waals surface area contributed by atoms with Crippen molar-refractivity contribution in [1.29, 1.82) is 0 Å². The minimum atomic E-state index is -4.59. The predicted molar refractivity (Wildman–Crippen MR) is 141 cm³/mol. The van der Waals surface area contributed by atoms with Crippen LogP contribution in [0.5, 0.6) is 5.75 Å². The summed E-state index contributed by atoms with van der Waals surface area (Å²) in [6.45, 7) is 0.282. The normalized spacial score (nSPS) is 16.7. The van der Waals surface area contributed by atoms with Crippen molar-refractivity contribution in [2.45, 2.75) is 44.4 Å². The van der Waals surface area contributed by atoms with Gasteiger partial charge in [-0.15, -0.1) is 11.3 Å². The van der Waals surface area contributed by atoms with Gasteiger partial charge in [-0.2, -0.15) is 13.2 Å². The predicted octanol–water partition coefficient (Wildman–Crippen LogP) is 7.58. The molecule has 1 N–H and O–H groups in total. The number of fused-ring (bicyclic) bond motifs is 5. The Labute approximate surface area is 222 Å². The van der Waals surface area contributed by atoms with Crippen molar-refractivity contribution in [2.75, 3.05) is 12.4 Å². The van der Waals surface area contributed by atoms with E-state index in [1.54, 1.807) is 23.3 Å². The van der Waals surface area contributed by atoms with E-state index in [0.717, 1.165) is 53.6 Å². The zero-order chi connectivity index (χ0) is 26.4. The second-order valence-electron chi connectivity index (χ2n) is 9.58. The lowest BCUT2D eigenvalue weighted by molar-refractivity contribution is -0.136. The molecule has 0 unspecified atom stereocenters. The molecular weight excluding hydrogens is 511 g/mol. The fourth-order valence-electron chi connectivity index (χ4n) is 5.58. The van der Waals surface area contributed by atoms with Crippen LogP contribution in [0.4, 0.5) is 23.7 Å². The molecule has 2 amide bonds. The maximum atomic E-state index is 14.0. The number of carbonyl (C=O) groups is 1. The molecule has 196 valence electrons. The number of amides is 2. The molecule has 1 aliphatic carbocycles. The number of aryl methyl sites for hydroxylation is 1. The summed E-state index contributed by atoms with van der Waals surface area (Å²) in [5.74, 6) is 0.639. The molecule has 0 radical (unpaired) electrons. The molecule has 4 aromatic rings. The quantitative estimate of drug-likeness (QED) is 0.293. The van der Waals surface area contributed by atoms with Crippen LogP contribution in [-0.4, -0.2) is 22.6 Å². The van der Waals surface area contributed by atoms with Gasteiger partial charge in [0, 0.05) is 16.6 Å². The summed E-state index contributed by atoms with van der Waals surface area (Å²) in [4.78, 5) is 17.0. The van der Waals surface area contributed by atoms with Gasteiger partial charge in [-0.25, -0.2) is 4.79 Å². The summed E-state index contributed by atoms with van der Waals surface area (Å²) in [7, 11) is 1.58. The Hall–Kier alpha value is -3.72. The Morgan fingerprint density at radius 3 is 2.66 bits per heavy atom. The highest BCUT2D eigenvalue weighted by Crippen LogP contribution is 2.45. The minimum Gasteiger partial charge on any atom is -0.497 e. The molecule has 5 nitrogen and oxygen atoms in total. The highest BCUT2D eigenvalue weighted by Gasteiger charge is 2.38. The maximum Gasteiger partial charge on any atom is 0.418 e. The van der Waals surface area contributed by atoms with Crippen molar-refractivity contribution in [1.82, 2.24) is 9.47 Å². The van der Waals surface area contributed by atoms with Gasteiger partial charge in [-0.1, -0.05) is 24.3 Å². The number of ether oxygens (including phenoxy) is 1. The third kappa shape index (κ3) is 4.24. The number of urea groups is 1. The van der Waals surface area contributed by atoms with Gasteiger partial charge in [-0.3, -0.25) is 0 Å². The molecule has 1 aliphatic heterocycles. The van der Waals surface area contributed by atoms with Crippen LogP contribution in [0.25, 0.3) is 5.00 Å². The number of halogens is 3. The van der Waals surface area contributed by atoms with Crippen molar-refractivity contribution in [2.24, 2.45) is 0 Å². The molecule has 9 heteroatoms. The zero-order valence-corrected chi connectivity index (χ0v) is 21.5. The van der Waals surface area contributed by atoms with Gasteiger partial charge in [0.2, 0.25) is 0 Å². The van der Waals surface area contributed by atoms with Crippen LogP contribution in [0, 0.1) is 0 Å². The van der Waals surface area contributed by atoms with Crippen LogP contribution in [-0.2, 0) is 25.6 Å². The molecule has 0 bridgehead atoms. The van der Waals surface area contributed by atoms with Crippen molar-refractivity contribution in [3.8, 4) is 10.8 Å². The molecule has 0 saturated carbocycles. The molecule has 2 aromatic heterocycles. The van der Waals surface area contributed by atoms with Gasteiger partial charge in [0.15, 0.2) is 0 Å². The first kappa shape index (κ1) is 24.6. The second kappa shape index (κ2) is 9.54. The molecule has 2 aromatic carbocycles. The molecule has 3 heterocycles. The first-order valence-electron chi connectivity index (χ1n) is 12.5. The summed E-state index contributed by atoms with van der Waals surface area (Å²) in [5, 5.41) is 3.68. The van der Waals surface area contributed by atoms with E-state index in [4.69, 9.17) is 4.74 Å². The Balaban J connectivity index is 1.50. The lowest BCUT2D eigenvalue weighted by Crippen LogP contribution is -2.38. The van der Waals surface area contributed by atoms with E-state index in [9.17, 15) is 18.0 Å². The van der Waals surface area contributed by atoms with E-state index in [1.807, 2.05) is 42.6 Å². The lowest BCUT2D eigenvalue weighted by Gasteiger charge is -2.32. The number of anilines is 1. The number of nitrogens with one attached hydrogen (secondary N) is 1. The van der Waals surface area contributed by atoms with E-state index in [2.05, 4.69) is 9.88 Å². The highest BCUT2D eigenvalue weighted by molar-refractivity contribution is 7.15. The number of hydrogen-bond donors (Lipinski definition) is 1. The fourth-order valence-corrected chi connectivity index (χ4v) is 6.98. The van der Waals surface area contributed by atoms with E-state index in [-0.39, 0.29) is 12.2 Å². The largest absolute Gasteiger partial charge is 0.497 e. The number of nitrogens with zero attached hydrogens (tertiary/aromatic N) is 2. The van der Waals surface area contributed by atoms with Crippen LogP contribution in [0.15, 0.2) is 66.9 Å². The monoisotopic (exact) mass is 537 g/mol. The molecule has 0 spiro atoms. The average molecular weight is 538 g/mol. The number of methoxy groups -OCH3 is 1. The molecule has 2 aliphatic rings. The SMILES string of the molecule is COc1cccc([C@H]2c3cccn3-c3sc4c(c3CN2C(=O)Nc2ccccc2C(F)(F)F)CCCC4)c1. The molecule has 0 fully saturated rings. The first-order chi connectivity index (χ1) is 18.3. The third-order valence-electron chi connectivity index (χ3n) is 7.32. The number of hydrogen-bond acceptors (Lipinski definition) is 3. The Bertz CT molecular complexity index is 1510. The summed E-state index contributed by atoms with van der Waals surface area (Å²) >= 11 is 1.76. The number of carbonyl (C=O) groups excluding carboxylic acids is 1. The standard InChI is InChI=1S/C29H26F3N3O2S/c1-37-19-9-6-8-18(16-19)26-24-13-7-15-34(24)27-21(20-10-2-5-14-25(20)38-27)17-35(26)28(36)33-23-12-4-3-11-22(23)29(30,31)32/h3-4,6-9,11-13,15-16,26H,2,5,10,14,17H2,1H3,(H,33,36)/t26-/m0/s1. The Morgan fingerprint density at radius 1 is 1.03 bits per heavy atom. The smallest absolute Gasteiger partial charge is 0.418 e. The van der Waals surface area contributed by atoms with E-state index in [0.29, 0.717) is 5.75 Å². The third-order valence-corrected chi connectivity index (χ3v) is 8.66. The van der Waals surface area contributed by atoms with Crippen molar-refractivity contribution < 1.29 is 22.7 Å². The number of benzene rings is 2. The van der Waals surface area contributed by atoms with Gasteiger partial charge in [0.05, 0.1) is 36.6 Å². The van der Waals surface area contributed by atoms with Gasteiger partial charge in [0.1, 0.15) is 10.8 Å². The zero-order valence-electron chi connectivity index (χ0n) is 20.7. The summed E-state index contributed by atoms with van der Waals surface area (Å²) in [6.07, 6.45) is 1.57. The number of para-hydroxylation sites is 1. The topological polar surface area (TPSA) is 46.5 Å². The molecular formula is C29H26F3N3O2S. The highest BCUT2D eigenvalue weighted by atomic mass is 32.1. The van der Waals surface area contributed by atoms with Crippen molar-refractivity contribution in [3.05, 3.63) is 99.7 Å². The first-order valence-corrected chi connectivity index (χ1v) is 13.4. The molecule has 6 rings (SSSR count). The van der Waals surface area contributed by atoms with Crippen molar-refractivity contribution >= 4 is 23.1 Å². The van der Waals surface area contributed by atoms with Gasteiger partial charge < -0.3 is 19.5 Å². The summed E-state index contributed by atoms with van der Waals surface area (Å²) < 4.78 is 48.9. The lowest BCUT2D eigenvalue weighted by atomic mass is 9.95. The second-order valence-corrected chi connectivity index (χ2v) is 10.7. The van der Waals surface area contributed by atoms with Crippen LogP contribution in [0.3, 0.4) is 0 Å². The maximum absolute atomic E-state index is 14.0. The van der Waals surface area contributed by atoms with Gasteiger partial charge in [-0.05, 0) is 73.2 Å². The van der Waals surface area contributed by atoms with Crippen LogP contribution >= 0.6 is 11.3 Å². The van der Waals surface area contributed by atoms with E-state index < -0.39 is 23.8 Å². The molecule has 0 saturated heterocycles. The molecule has 1 atom stereocenters.